The molecule has 4 aliphatic rings. The zero-order chi connectivity index (χ0) is 13.3. The smallest absolute Gasteiger partial charge is 0.249 e. The average molecular weight is 345 g/mol. The van der Waals surface area contributed by atoms with Crippen LogP contribution in [0.25, 0.3) is 0 Å². The van der Waals surface area contributed by atoms with Crippen LogP contribution in [0.1, 0.15) is 19.3 Å². The predicted octanol–water partition coefficient (Wildman–Crippen LogP) is 1.78. The summed E-state index contributed by atoms with van der Waals surface area (Å²) in [5.41, 5.74) is -0.128. The molecule has 1 aromatic heterocycles. The minimum absolute atomic E-state index is 0.128. The molecular formula is C12H13BrN2O3S. The minimum Gasteiger partial charge on any atom is -0.475 e. The molecular weight excluding hydrogens is 332 g/mol. The zero-order valence-corrected chi connectivity index (χ0v) is 12.6. The van der Waals surface area contributed by atoms with Crippen molar-refractivity contribution >= 4 is 26.0 Å². The van der Waals surface area contributed by atoms with E-state index in [9.17, 15) is 8.42 Å². The first-order valence-electron chi connectivity index (χ1n) is 6.32. The SMILES string of the molecule is O=S1(=O)c2cc(Br)cnc2OCCN1C12CC(C1)C2. The summed E-state index contributed by atoms with van der Waals surface area (Å²) in [5, 5.41) is 0. The molecule has 0 spiro atoms. The standard InChI is InChI=1S/C12H13BrN2O3S/c13-9-3-10-11(14-7-9)18-2-1-15(19(10,16)17)12-4-8(5-12)6-12/h3,7-8H,1-2,4-6H2. The van der Waals surface area contributed by atoms with Gasteiger partial charge in [0.1, 0.15) is 11.5 Å². The number of hydrogen-bond acceptors (Lipinski definition) is 4. The molecule has 2 bridgehead atoms. The molecule has 5 nitrogen and oxygen atoms in total. The van der Waals surface area contributed by atoms with E-state index in [0.717, 1.165) is 25.2 Å². The van der Waals surface area contributed by atoms with E-state index < -0.39 is 10.0 Å². The Hall–Kier alpha value is -0.660. The Morgan fingerprint density at radius 1 is 1.42 bits per heavy atom. The van der Waals surface area contributed by atoms with Crippen molar-refractivity contribution in [3.05, 3.63) is 16.7 Å². The summed E-state index contributed by atoms with van der Waals surface area (Å²) in [6.07, 6.45) is 4.57. The second-order valence-corrected chi connectivity index (χ2v) is 8.33. The van der Waals surface area contributed by atoms with E-state index in [1.54, 1.807) is 16.6 Å². The van der Waals surface area contributed by atoms with E-state index >= 15 is 0 Å². The van der Waals surface area contributed by atoms with Gasteiger partial charge in [-0.15, -0.1) is 0 Å². The van der Waals surface area contributed by atoms with Crippen LogP contribution in [0.4, 0.5) is 0 Å². The van der Waals surface area contributed by atoms with Crippen molar-refractivity contribution in [2.45, 2.75) is 29.7 Å². The van der Waals surface area contributed by atoms with E-state index in [-0.39, 0.29) is 16.3 Å². The molecule has 0 saturated heterocycles. The summed E-state index contributed by atoms with van der Waals surface area (Å²) < 4.78 is 33.5. The highest BCUT2D eigenvalue weighted by Crippen LogP contribution is 2.62. The maximum absolute atomic E-state index is 12.8. The first-order valence-corrected chi connectivity index (χ1v) is 8.56. The van der Waals surface area contributed by atoms with Crippen molar-refractivity contribution < 1.29 is 13.2 Å². The molecule has 0 N–H and O–H groups in total. The largest absolute Gasteiger partial charge is 0.475 e. The molecule has 3 saturated carbocycles. The lowest BCUT2D eigenvalue weighted by molar-refractivity contribution is -0.105. The van der Waals surface area contributed by atoms with Gasteiger partial charge in [-0.05, 0) is 47.2 Å². The van der Waals surface area contributed by atoms with Crippen molar-refractivity contribution in [3.8, 4) is 5.88 Å². The lowest BCUT2D eigenvalue weighted by atomic mass is 9.50. The molecule has 3 aliphatic carbocycles. The van der Waals surface area contributed by atoms with E-state index in [2.05, 4.69) is 20.9 Å². The van der Waals surface area contributed by atoms with Gasteiger partial charge in [0.25, 0.3) is 0 Å². The van der Waals surface area contributed by atoms with Gasteiger partial charge in [0.05, 0.1) is 0 Å². The molecule has 0 atom stereocenters. The van der Waals surface area contributed by atoms with Crippen LogP contribution in [0.2, 0.25) is 0 Å². The Labute approximate surface area is 120 Å². The minimum atomic E-state index is -3.51. The summed E-state index contributed by atoms with van der Waals surface area (Å²) in [6, 6.07) is 1.58. The molecule has 3 fully saturated rings. The van der Waals surface area contributed by atoms with Gasteiger partial charge in [0, 0.05) is 22.8 Å². The highest BCUT2D eigenvalue weighted by atomic mass is 79.9. The van der Waals surface area contributed by atoms with Gasteiger partial charge >= 0.3 is 0 Å². The maximum atomic E-state index is 12.8. The number of pyridine rings is 1. The second kappa shape index (κ2) is 3.71. The third-order valence-electron chi connectivity index (χ3n) is 4.42. The predicted molar refractivity (Wildman–Crippen MR) is 71.4 cm³/mol. The first kappa shape index (κ1) is 12.1. The third kappa shape index (κ3) is 1.55. The quantitative estimate of drug-likeness (QED) is 0.779. The van der Waals surface area contributed by atoms with Crippen molar-refractivity contribution in [1.29, 1.82) is 0 Å². The highest BCUT2D eigenvalue weighted by Gasteiger charge is 2.63. The van der Waals surface area contributed by atoms with Crippen molar-refractivity contribution in [1.82, 2.24) is 9.29 Å². The van der Waals surface area contributed by atoms with Gasteiger partial charge in [-0.1, -0.05) is 0 Å². The Morgan fingerprint density at radius 2 is 2.16 bits per heavy atom. The molecule has 0 amide bonds. The molecule has 19 heavy (non-hydrogen) atoms. The molecule has 1 aromatic rings. The molecule has 102 valence electrons. The van der Waals surface area contributed by atoms with Gasteiger partial charge in [0.15, 0.2) is 0 Å². The van der Waals surface area contributed by atoms with E-state index in [1.807, 2.05) is 0 Å². The molecule has 5 rings (SSSR count). The summed E-state index contributed by atoms with van der Waals surface area (Å²) in [6.45, 7) is 0.788. The van der Waals surface area contributed by atoms with Crippen molar-refractivity contribution in [3.63, 3.8) is 0 Å². The fraction of sp³-hybridized carbons (Fsp3) is 0.583. The fourth-order valence-corrected chi connectivity index (χ4v) is 5.77. The van der Waals surface area contributed by atoms with Crippen molar-refractivity contribution in [2.75, 3.05) is 13.2 Å². The summed E-state index contributed by atoms with van der Waals surface area (Å²) in [7, 11) is -3.51. The Kier molecular flexibility index (Phi) is 2.36. The van der Waals surface area contributed by atoms with Gasteiger partial charge in [-0.2, -0.15) is 4.31 Å². The van der Waals surface area contributed by atoms with Crippen LogP contribution in [-0.4, -0.2) is 36.4 Å². The number of halogens is 1. The zero-order valence-electron chi connectivity index (χ0n) is 10.2. The van der Waals surface area contributed by atoms with E-state index in [1.165, 1.54) is 0 Å². The number of sulfonamides is 1. The number of ether oxygens (including phenoxy) is 1. The van der Waals surface area contributed by atoms with Crippen molar-refractivity contribution in [2.24, 2.45) is 5.92 Å². The number of nitrogens with zero attached hydrogens (tertiary/aromatic N) is 2. The Morgan fingerprint density at radius 3 is 2.79 bits per heavy atom. The number of fused-ring (bicyclic) bond motifs is 1. The maximum Gasteiger partial charge on any atom is 0.249 e. The van der Waals surface area contributed by atoms with E-state index in [4.69, 9.17) is 4.74 Å². The molecule has 0 unspecified atom stereocenters. The molecule has 7 heteroatoms. The Balaban J connectivity index is 1.84. The molecule has 1 aliphatic heterocycles. The van der Waals surface area contributed by atoms with Gasteiger partial charge in [-0.25, -0.2) is 13.4 Å². The number of hydrogen-bond donors (Lipinski definition) is 0. The highest BCUT2D eigenvalue weighted by molar-refractivity contribution is 9.10. The summed E-state index contributed by atoms with van der Waals surface area (Å²) in [4.78, 5) is 4.26. The number of rotatable bonds is 1. The third-order valence-corrected chi connectivity index (χ3v) is 6.85. The van der Waals surface area contributed by atoms with E-state index in [0.29, 0.717) is 17.6 Å². The lowest BCUT2D eigenvalue weighted by Crippen LogP contribution is -2.69. The second-order valence-electron chi connectivity index (χ2n) is 5.59. The van der Waals surface area contributed by atoms with Crippen LogP contribution in [0.3, 0.4) is 0 Å². The molecule has 0 aromatic carbocycles. The van der Waals surface area contributed by atoms with Crippen LogP contribution in [0, 0.1) is 5.92 Å². The average Bonchev–Trinajstić information content (AvgIpc) is 2.35. The van der Waals surface area contributed by atoms with Crippen LogP contribution < -0.4 is 4.74 Å². The summed E-state index contributed by atoms with van der Waals surface area (Å²) >= 11 is 3.28. The van der Waals surface area contributed by atoms with Crippen LogP contribution in [0.15, 0.2) is 21.6 Å². The van der Waals surface area contributed by atoms with Crippen LogP contribution >= 0.6 is 15.9 Å². The summed E-state index contributed by atoms with van der Waals surface area (Å²) in [5.74, 6) is 0.955. The normalized spacial score (nSPS) is 35.3. The van der Waals surface area contributed by atoms with Crippen LogP contribution in [-0.2, 0) is 10.0 Å². The number of aromatic nitrogens is 1. The van der Waals surface area contributed by atoms with Gasteiger partial charge in [-0.3, -0.25) is 0 Å². The lowest BCUT2D eigenvalue weighted by Gasteiger charge is -2.65. The fourth-order valence-electron chi connectivity index (χ4n) is 3.40. The topological polar surface area (TPSA) is 59.5 Å². The Bertz CT molecular complexity index is 644. The first-order chi connectivity index (χ1) is 9.01. The molecule has 0 radical (unpaired) electrons. The van der Waals surface area contributed by atoms with Gasteiger partial charge in [0.2, 0.25) is 15.9 Å². The molecule has 2 heterocycles. The monoisotopic (exact) mass is 344 g/mol. The van der Waals surface area contributed by atoms with Gasteiger partial charge < -0.3 is 4.74 Å². The van der Waals surface area contributed by atoms with Crippen LogP contribution in [0.5, 0.6) is 5.88 Å².